The Balaban J connectivity index is 1.63. The Hall–Kier alpha value is -1.68. The van der Waals surface area contributed by atoms with Crippen molar-refractivity contribution in [2.24, 2.45) is 5.92 Å². The van der Waals surface area contributed by atoms with E-state index in [4.69, 9.17) is 0 Å². The predicted octanol–water partition coefficient (Wildman–Crippen LogP) is 3.59. The lowest BCUT2D eigenvalue weighted by molar-refractivity contribution is -0.117. The van der Waals surface area contributed by atoms with E-state index in [1.807, 2.05) is 30.3 Å². The highest BCUT2D eigenvalue weighted by molar-refractivity contribution is 9.10. The molecule has 1 aromatic carbocycles. The van der Waals surface area contributed by atoms with E-state index in [1.165, 1.54) is 5.56 Å². The van der Waals surface area contributed by atoms with Crippen molar-refractivity contribution in [2.75, 3.05) is 5.32 Å². The van der Waals surface area contributed by atoms with Crippen LogP contribution in [0.5, 0.6) is 0 Å². The monoisotopic (exact) mass is 316 g/mol. The molecule has 0 spiro atoms. The normalized spacial score (nSPS) is 20.9. The molecule has 3 rings (SSSR count). The van der Waals surface area contributed by atoms with E-state index < -0.39 is 0 Å². The molecule has 1 saturated carbocycles. The van der Waals surface area contributed by atoms with E-state index in [9.17, 15) is 4.79 Å². The number of anilines is 1. The molecule has 2 unspecified atom stereocenters. The molecule has 0 radical (unpaired) electrons. The Morgan fingerprint density at radius 3 is 2.68 bits per heavy atom. The van der Waals surface area contributed by atoms with Gasteiger partial charge in [0.25, 0.3) is 0 Å². The van der Waals surface area contributed by atoms with E-state index in [2.05, 4.69) is 38.4 Å². The number of rotatable bonds is 3. The molecule has 0 bridgehead atoms. The number of amides is 1. The third-order valence-electron chi connectivity index (χ3n) is 3.35. The first-order valence-electron chi connectivity index (χ1n) is 6.21. The molecule has 0 saturated heterocycles. The van der Waals surface area contributed by atoms with Gasteiger partial charge in [0.15, 0.2) is 0 Å². The van der Waals surface area contributed by atoms with Crippen molar-refractivity contribution in [3.63, 3.8) is 0 Å². The molecule has 1 fully saturated rings. The first-order valence-corrected chi connectivity index (χ1v) is 7.01. The maximum atomic E-state index is 12.1. The number of pyridine rings is 1. The van der Waals surface area contributed by atoms with Crippen LogP contribution in [-0.4, -0.2) is 10.9 Å². The molecular weight excluding hydrogens is 304 g/mol. The molecule has 1 aliphatic carbocycles. The van der Waals surface area contributed by atoms with E-state index >= 15 is 0 Å². The summed E-state index contributed by atoms with van der Waals surface area (Å²) < 4.78 is 0.763. The topological polar surface area (TPSA) is 42.0 Å². The quantitative estimate of drug-likeness (QED) is 0.879. The van der Waals surface area contributed by atoms with Crippen molar-refractivity contribution in [1.29, 1.82) is 0 Å². The largest absolute Gasteiger partial charge is 0.324 e. The summed E-state index contributed by atoms with van der Waals surface area (Å²) in [5.41, 5.74) is 1.99. The number of nitrogens with zero attached hydrogens (tertiary/aromatic N) is 1. The molecule has 4 heteroatoms. The van der Waals surface area contributed by atoms with Gasteiger partial charge in [0, 0.05) is 5.92 Å². The summed E-state index contributed by atoms with van der Waals surface area (Å²) in [6.07, 6.45) is 2.59. The van der Waals surface area contributed by atoms with Crippen LogP contribution in [0.25, 0.3) is 0 Å². The van der Waals surface area contributed by atoms with E-state index in [0.717, 1.165) is 16.7 Å². The van der Waals surface area contributed by atoms with Crippen LogP contribution in [0, 0.1) is 5.92 Å². The van der Waals surface area contributed by atoms with Gasteiger partial charge in [-0.15, -0.1) is 0 Å². The number of hydrogen-bond acceptors (Lipinski definition) is 2. The molecule has 96 valence electrons. The number of halogens is 1. The van der Waals surface area contributed by atoms with Crippen LogP contribution in [0.2, 0.25) is 0 Å². The number of aromatic nitrogens is 1. The second kappa shape index (κ2) is 5.13. The van der Waals surface area contributed by atoms with Gasteiger partial charge in [-0.3, -0.25) is 4.79 Å². The highest BCUT2D eigenvalue weighted by Crippen LogP contribution is 2.47. The van der Waals surface area contributed by atoms with Gasteiger partial charge in [-0.1, -0.05) is 30.3 Å². The van der Waals surface area contributed by atoms with Crippen molar-refractivity contribution in [3.05, 3.63) is 58.8 Å². The fourth-order valence-corrected chi connectivity index (χ4v) is 2.47. The third-order valence-corrected chi connectivity index (χ3v) is 3.82. The van der Waals surface area contributed by atoms with Gasteiger partial charge in [-0.05, 0) is 46.0 Å². The second-order valence-electron chi connectivity index (χ2n) is 4.72. The van der Waals surface area contributed by atoms with Gasteiger partial charge in [0.1, 0.15) is 4.60 Å². The Morgan fingerprint density at radius 1 is 1.21 bits per heavy atom. The van der Waals surface area contributed by atoms with Crippen LogP contribution >= 0.6 is 15.9 Å². The third kappa shape index (κ3) is 2.84. The maximum absolute atomic E-state index is 12.1. The minimum Gasteiger partial charge on any atom is -0.324 e. The molecule has 1 aliphatic rings. The smallest absolute Gasteiger partial charge is 0.228 e. The van der Waals surface area contributed by atoms with E-state index in [0.29, 0.717) is 5.92 Å². The average molecular weight is 317 g/mol. The van der Waals surface area contributed by atoms with Gasteiger partial charge in [-0.2, -0.15) is 0 Å². The molecule has 2 atom stereocenters. The van der Waals surface area contributed by atoms with E-state index in [1.54, 1.807) is 6.20 Å². The number of carbonyl (C=O) groups excluding carboxylic acids is 1. The van der Waals surface area contributed by atoms with Crippen molar-refractivity contribution in [3.8, 4) is 0 Å². The first-order chi connectivity index (χ1) is 9.24. The highest BCUT2D eigenvalue weighted by Gasteiger charge is 2.43. The van der Waals surface area contributed by atoms with Gasteiger partial charge in [0.2, 0.25) is 5.91 Å². The average Bonchev–Trinajstić information content (AvgIpc) is 3.23. The zero-order valence-electron chi connectivity index (χ0n) is 10.2. The molecule has 19 heavy (non-hydrogen) atoms. The Morgan fingerprint density at radius 2 is 2.00 bits per heavy atom. The zero-order valence-corrected chi connectivity index (χ0v) is 11.8. The maximum Gasteiger partial charge on any atom is 0.228 e. The van der Waals surface area contributed by atoms with Crippen LogP contribution in [-0.2, 0) is 4.79 Å². The number of hydrogen-bond donors (Lipinski definition) is 1. The lowest BCUT2D eigenvalue weighted by Crippen LogP contribution is -2.14. The summed E-state index contributed by atoms with van der Waals surface area (Å²) in [5, 5.41) is 2.91. The summed E-state index contributed by atoms with van der Waals surface area (Å²) in [4.78, 5) is 16.2. The molecule has 1 heterocycles. The second-order valence-corrected chi connectivity index (χ2v) is 5.53. The summed E-state index contributed by atoms with van der Waals surface area (Å²) in [6.45, 7) is 0. The standard InChI is InChI=1S/C15H13BrN2O/c16-14-7-6-11(9-17-14)18-15(19)13-8-12(13)10-4-2-1-3-5-10/h1-7,9,12-13H,8H2,(H,18,19). The Bertz CT molecular complexity index is 583. The fourth-order valence-electron chi connectivity index (χ4n) is 2.24. The predicted molar refractivity (Wildman–Crippen MR) is 77.9 cm³/mol. The molecule has 1 aromatic heterocycles. The fraction of sp³-hybridized carbons (Fsp3) is 0.200. The Kier molecular flexibility index (Phi) is 3.34. The molecule has 1 amide bonds. The summed E-state index contributed by atoms with van der Waals surface area (Å²) >= 11 is 3.27. The van der Waals surface area contributed by atoms with Gasteiger partial charge < -0.3 is 5.32 Å². The molecule has 0 aliphatic heterocycles. The van der Waals surface area contributed by atoms with Crippen LogP contribution in [0.15, 0.2) is 53.3 Å². The van der Waals surface area contributed by atoms with E-state index in [-0.39, 0.29) is 11.8 Å². The van der Waals surface area contributed by atoms with Crippen molar-refractivity contribution < 1.29 is 4.79 Å². The van der Waals surface area contributed by atoms with Crippen LogP contribution < -0.4 is 5.32 Å². The van der Waals surface area contributed by atoms with Crippen molar-refractivity contribution >= 4 is 27.5 Å². The zero-order chi connectivity index (χ0) is 13.2. The minimum absolute atomic E-state index is 0.0815. The lowest BCUT2D eigenvalue weighted by Gasteiger charge is -2.04. The summed E-state index contributed by atoms with van der Waals surface area (Å²) in [5.74, 6) is 0.536. The van der Waals surface area contributed by atoms with Crippen LogP contribution in [0.3, 0.4) is 0 Å². The molecule has 3 nitrogen and oxygen atoms in total. The van der Waals surface area contributed by atoms with Crippen LogP contribution in [0.1, 0.15) is 17.9 Å². The summed E-state index contributed by atoms with van der Waals surface area (Å²) in [6, 6.07) is 13.8. The minimum atomic E-state index is 0.0815. The SMILES string of the molecule is O=C(Nc1ccc(Br)nc1)C1CC1c1ccccc1. The van der Waals surface area contributed by atoms with Crippen molar-refractivity contribution in [2.45, 2.75) is 12.3 Å². The lowest BCUT2D eigenvalue weighted by atomic mass is 10.1. The highest BCUT2D eigenvalue weighted by atomic mass is 79.9. The molecule has 2 aromatic rings. The number of carbonyl (C=O) groups is 1. The van der Waals surface area contributed by atoms with Gasteiger partial charge in [-0.25, -0.2) is 4.98 Å². The summed E-state index contributed by atoms with van der Waals surface area (Å²) in [7, 11) is 0. The number of benzene rings is 1. The van der Waals surface area contributed by atoms with Gasteiger partial charge >= 0.3 is 0 Å². The molecular formula is C15H13BrN2O. The Labute approximate surface area is 120 Å². The number of nitrogens with one attached hydrogen (secondary N) is 1. The first kappa shape index (κ1) is 12.4. The van der Waals surface area contributed by atoms with Crippen LogP contribution in [0.4, 0.5) is 5.69 Å². The van der Waals surface area contributed by atoms with Crippen molar-refractivity contribution in [1.82, 2.24) is 4.98 Å². The molecule has 1 N–H and O–H groups in total. The van der Waals surface area contributed by atoms with Gasteiger partial charge in [0.05, 0.1) is 11.9 Å².